The number of aromatic nitrogens is 1. The molecule has 0 aromatic carbocycles. The zero-order chi connectivity index (χ0) is 11.5. The summed E-state index contributed by atoms with van der Waals surface area (Å²) < 4.78 is 5.05. The lowest BCUT2D eigenvalue weighted by Crippen LogP contribution is -2.10. The van der Waals surface area contributed by atoms with Gasteiger partial charge in [-0.1, -0.05) is 6.92 Å². The quantitative estimate of drug-likeness (QED) is 0.731. The molecule has 1 heterocycles. The zero-order valence-corrected chi connectivity index (χ0v) is 9.82. The van der Waals surface area contributed by atoms with Crippen LogP contribution in [0, 0.1) is 0 Å². The van der Waals surface area contributed by atoms with Crippen molar-refractivity contribution in [2.24, 2.45) is 0 Å². The van der Waals surface area contributed by atoms with Crippen LogP contribution < -0.4 is 0 Å². The largest absolute Gasteiger partial charge is 0.462 e. The summed E-state index contributed by atoms with van der Waals surface area (Å²) in [7, 11) is 0. The highest BCUT2D eigenvalue weighted by molar-refractivity contribution is 5.90. The minimum atomic E-state index is -0.241. The van der Waals surface area contributed by atoms with Gasteiger partial charge in [0.1, 0.15) is 0 Å². The predicted octanol–water partition coefficient (Wildman–Crippen LogP) is 2.70. The molecule has 1 aromatic rings. The Morgan fingerprint density at radius 2 is 2.25 bits per heavy atom. The van der Waals surface area contributed by atoms with Crippen molar-refractivity contribution in [2.75, 3.05) is 6.61 Å². The molecule has 0 saturated heterocycles. The number of hydrogen-bond acceptors (Lipinski definition) is 3. The van der Waals surface area contributed by atoms with Crippen LogP contribution in [-0.4, -0.2) is 17.6 Å². The molecule has 0 N–H and O–H groups in total. The normalized spacial score (nSPS) is 14.9. The molecule has 0 amide bonds. The topological polar surface area (TPSA) is 39.2 Å². The number of carbonyl (C=O) groups is 1. The van der Waals surface area contributed by atoms with Gasteiger partial charge in [-0.25, -0.2) is 4.79 Å². The maximum Gasteiger partial charge on any atom is 0.339 e. The van der Waals surface area contributed by atoms with E-state index in [1.54, 1.807) is 0 Å². The van der Waals surface area contributed by atoms with E-state index in [0.717, 1.165) is 12.1 Å². The van der Waals surface area contributed by atoms with Crippen molar-refractivity contribution in [1.29, 1.82) is 0 Å². The van der Waals surface area contributed by atoms with E-state index in [4.69, 9.17) is 4.74 Å². The van der Waals surface area contributed by atoms with Gasteiger partial charge in [-0.3, -0.25) is 4.98 Å². The third-order valence-electron chi connectivity index (χ3n) is 2.87. The molecular formula is C13H17NO2. The Morgan fingerprint density at radius 1 is 1.50 bits per heavy atom. The van der Waals surface area contributed by atoms with Crippen molar-refractivity contribution < 1.29 is 9.53 Å². The maximum atomic E-state index is 11.8. The van der Waals surface area contributed by atoms with Crippen LogP contribution in [0.3, 0.4) is 0 Å². The van der Waals surface area contributed by atoms with Gasteiger partial charge in [-0.15, -0.1) is 0 Å². The molecule has 1 aliphatic rings. The fourth-order valence-electron chi connectivity index (χ4n) is 1.82. The Labute approximate surface area is 95.8 Å². The predicted molar refractivity (Wildman–Crippen MR) is 61.5 cm³/mol. The molecule has 2 rings (SSSR count). The van der Waals surface area contributed by atoms with Crippen molar-refractivity contribution in [2.45, 2.75) is 39.0 Å². The molecule has 0 spiro atoms. The lowest BCUT2D eigenvalue weighted by molar-refractivity contribution is 0.0524. The van der Waals surface area contributed by atoms with E-state index in [0.29, 0.717) is 18.1 Å². The van der Waals surface area contributed by atoms with Gasteiger partial charge in [-0.2, -0.15) is 0 Å². The second kappa shape index (κ2) is 4.64. The third-order valence-corrected chi connectivity index (χ3v) is 2.87. The molecule has 0 radical (unpaired) electrons. The first-order chi connectivity index (χ1) is 7.76. The number of aryl methyl sites for hydroxylation is 1. The molecule has 0 atom stereocenters. The molecule has 0 unspecified atom stereocenters. The first kappa shape index (κ1) is 11.1. The zero-order valence-electron chi connectivity index (χ0n) is 9.82. The number of ether oxygens (including phenoxy) is 1. The first-order valence-corrected chi connectivity index (χ1v) is 5.92. The number of carbonyl (C=O) groups excluding carboxylic acids is 1. The highest BCUT2D eigenvalue weighted by Crippen LogP contribution is 2.40. The van der Waals surface area contributed by atoms with E-state index in [-0.39, 0.29) is 5.97 Å². The van der Waals surface area contributed by atoms with Gasteiger partial charge < -0.3 is 4.74 Å². The fraction of sp³-hybridized carbons (Fsp3) is 0.538. The van der Waals surface area contributed by atoms with Crippen molar-refractivity contribution in [3.63, 3.8) is 0 Å². The van der Waals surface area contributed by atoms with Gasteiger partial charge in [-0.05, 0) is 43.7 Å². The summed E-state index contributed by atoms with van der Waals surface area (Å²) in [5.74, 6) is 0.376. The second-order valence-corrected chi connectivity index (χ2v) is 4.11. The van der Waals surface area contributed by atoms with E-state index in [2.05, 4.69) is 4.98 Å². The van der Waals surface area contributed by atoms with Crippen LogP contribution in [0.2, 0.25) is 0 Å². The standard InChI is InChI=1S/C13H17NO2/c1-3-12-11(13(15)16-4-2)7-10(8-14-12)9-5-6-9/h7-9H,3-6H2,1-2H3. The molecule has 1 aliphatic carbocycles. The summed E-state index contributed by atoms with van der Waals surface area (Å²) in [5.41, 5.74) is 2.66. The van der Waals surface area contributed by atoms with Crippen LogP contribution >= 0.6 is 0 Å². The van der Waals surface area contributed by atoms with Crippen LogP contribution in [0.25, 0.3) is 0 Å². The molecule has 16 heavy (non-hydrogen) atoms. The van der Waals surface area contributed by atoms with Crippen LogP contribution in [-0.2, 0) is 11.2 Å². The summed E-state index contributed by atoms with van der Waals surface area (Å²) >= 11 is 0. The molecule has 3 nitrogen and oxygen atoms in total. The Balaban J connectivity index is 2.30. The molecular weight excluding hydrogens is 202 g/mol. The van der Waals surface area contributed by atoms with Gasteiger partial charge in [0.25, 0.3) is 0 Å². The molecule has 0 bridgehead atoms. The Kier molecular flexibility index (Phi) is 3.22. The lowest BCUT2D eigenvalue weighted by atomic mass is 10.1. The van der Waals surface area contributed by atoms with Crippen molar-refractivity contribution >= 4 is 5.97 Å². The molecule has 86 valence electrons. The van der Waals surface area contributed by atoms with Gasteiger partial charge >= 0.3 is 5.97 Å². The maximum absolute atomic E-state index is 11.8. The second-order valence-electron chi connectivity index (χ2n) is 4.11. The van der Waals surface area contributed by atoms with Gasteiger partial charge in [0, 0.05) is 6.20 Å². The summed E-state index contributed by atoms with van der Waals surface area (Å²) in [6, 6.07) is 1.96. The van der Waals surface area contributed by atoms with E-state index < -0.39 is 0 Å². The van der Waals surface area contributed by atoms with Crippen molar-refractivity contribution in [3.8, 4) is 0 Å². The van der Waals surface area contributed by atoms with Gasteiger partial charge in [0.05, 0.1) is 17.9 Å². The number of hydrogen-bond donors (Lipinski definition) is 0. The highest BCUT2D eigenvalue weighted by atomic mass is 16.5. The van der Waals surface area contributed by atoms with E-state index >= 15 is 0 Å². The number of pyridine rings is 1. The fourth-order valence-corrected chi connectivity index (χ4v) is 1.82. The minimum Gasteiger partial charge on any atom is -0.462 e. The molecule has 1 saturated carbocycles. The number of esters is 1. The average molecular weight is 219 g/mol. The van der Waals surface area contributed by atoms with Crippen molar-refractivity contribution in [3.05, 3.63) is 29.1 Å². The molecule has 0 aliphatic heterocycles. The van der Waals surface area contributed by atoms with Crippen LogP contribution in [0.15, 0.2) is 12.3 Å². The number of nitrogens with zero attached hydrogens (tertiary/aromatic N) is 1. The van der Waals surface area contributed by atoms with Crippen LogP contribution in [0.1, 0.15) is 54.2 Å². The van der Waals surface area contributed by atoms with E-state index in [1.807, 2.05) is 26.1 Å². The average Bonchev–Trinajstić information content (AvgIpc) is 3.12. The van der Waals surface area contributed by atoms with Gasteiger partial charge in [0.2, 0.25) is 0 Å². The van der Waals surface area contributed by atoms with Crippen LogP contribution in [0.4, 0.5) is 0 Å². The monoisotopic (exact) mass is 219 g/mol. The van der Waals surface area contributed by atoms with E-state index in [1.165, 1.54) is 18.4 Å². The number of rotatable bonds is 4. The SMILES string of the molecule is CCOC(=O)c1cc(C2CC2)cnc1CC. The molecule has 1 fully saturated rings. The minimum absolute atomic E-state index is 0.241. The Bertz CT molecular complexity index is 397. The Hall–Kier alpha value is -1.38. The summed E-state index contributed by atoms with van der Waals surface area (Å²) in [5, 5.41) is 0. The lowest BCUT2D eigenvalue weighted by Gasteiger charge is -2.08. The van der Waals surface area contributed by atoms with Crippen LogP contribution in [0.5, 0.6) is 0 Å². The van der Waals surface area contributed by atoms with Gasteiger partial charge in [0.15, 0.2) is 0 Å². The highest BCUT2D eigenvalue weighted by Gasteiger charge is 2.25. The third kappa shape index (κ3) is 2.23. The summed E-state index contributed by atoms with van der Waals surface area (Å²) in [6.45, 7) is 4.24. The first-order valence-electron chi connectivity index (χ1n) is 5.92. The molecule has 1 aromatic heterocycles. The smallest absolute Gasteiger partial charge is 0.339 e. The Morgan fingerprint density at radius 3 is 2.81 bits per heavy atom. The summed E-state index contributed by atoms with van der Waals surface area (Å²) in [6.07, 6.45) is 5.10. The molecule has 3 heteroatoms. The summed E-state index contributed by atoms with van der Waals surface area (Å²) in [4.78, 5) is 16.1. The van der Waals surface area contributed by atoms with Crippen molar-refractivity contribution in [1.82, 2.24) is 4.98 Å². The van der Waals surface area contributed by atoms with E-state index in [9.17, 15) is 4.79 Å².